The first-order valence-electron chi connectivity index (χ1n) is 6.74. The van der Waals surface area contributed by atoms with Gasteiger partial charge in [-0.15, -0.1) is 11.3 Å². The molecule has 0 radical (unpaired) electrons. The first-order chi connectivity index (χ1) is 10.1. The molecule has 1 unspecified atom stereocenters. The number of aromatic nitrogens is 1. The number of hydrogen-bond donors (Lipinski definition) is 2. The standard InChI is InChI=1S/C15H20N4OS/c1-19(2)13(11-6-4-3-5-7-11)9-17-14(20)8-12-10-21-15(16)18-12/h3-7,10,13H,8-9H2,1-2H3,(H2,16,18)(H,17,20). The molecule has 112 valence electrons. The van der Waals surface area contributed by atoms with Gasteiger partial charge in [-0.2, -0.15) is 0 Å². The summed E-state index contributed by atoms with van der Waals surface area (Å²) >= 11 is 1.35. The molecule has 0 spiro atoms. The van der Waals surface area contributed by atoms with Gasteiger partial charge in [0.15, 0.2) is 5.13 Å². The van der Waals surface area contributed by atoms with Crippen LogP contribution in [0.1, 0.15) is 17.3 Å². The molecule has 0 aliphatic carbocycles. The normalized spacial score (nSPS) is 12.3. The van der Waals surface area contributed by atoms with E-state index in [1.54, 1.807) is 0 Å². The van der Waals surface area contributed by atoms with Crippen molar-refractivity contribution in [1.82, 2.24) is 15.2 Å². The van der Waals surface area contributed by atoms with Crippen molar-refractivity contribution < 1.29 is 4.79 Å². The van der Waals surface area contributed by atoms with E-state index in [1.165, 1.54) is 16.9 Å². The highest BCUT2D eigenvalue weighted by Gasteiger charge is 2.15. The lowest BCUT2D eigenvalue weighted by atomic mass is 10.1. The number of thiazole rings is 1. The highest BCUT2D eigenvalue weighted by molar-refractivity contribution is 7.13. The number of nitrogens with zero attached hydrogens (tertiary/aromatic N) is 2. The van der Waals surface area contributed by atoms with Crippen LogP contribution in [0, 0.1) is 0 Å². The molecule has 2 rings (SSSR count). The third-order valence-electron chi connectivity index (χ3n) is 3.21. The number of rotatable bonds is 6. The molecule has 0 bridgehead atoms. The predicted molar refractivity (Wildman–Crippen MR) is 86.1 cm³/mol. The second-order valence-corrected chi connectivity index (χ2v) is 5.94. The summed E-state index contributed by atoms with van der Waals surface area (Å²) < 4.78 is 0. The topological polar surface area (TPSA) is 71.2 Å². The molecule has 1 amide bonds. The summed E-state index contributed by atoms with van der Waals surface area (Å²) in [6.45, 7) is 0.565. The maximum Gasteiger partial charge on any atom is 0.226 e. The van der Waals surface area contributed by atoms with E-state index >= 15 is 0 Å². The molecule has 0 saturated carbocycles. The van der Waals surface area contributed by atoms with Gasteiger partial charge in [0.2, 0.25) is 5.91 Å². The SMILES string of the molecule is CN(C)C(CNC(=O)Cc1csc(N)n1)c1ccccc1. The van der Waals surface area contributed by atoms with Crippen molar-refractivity contribution in [3.05, 3.63) is 47.0 Å². The summed E-state index contributed by atoms with van der Waals surface area (Å²) in [5, 5.41) is 5.27. The Morgan fingerprint density at radius 3 is 2.67 bits per heavy atom. The summed E-state index contributed by atoms with van der Waals surface area (Å²) in [4.78, 5) is 18.2. The van der Waals surface area contributed by atoms with E-state index in [-0.39, 0.29) is 18.4 Å². The summed E-state index contributed by atoms with van der Waals surface area (Å²) in [7, 11) is 4.01. The maximum absolute atomic E-state index is 12.0. The molecule has 6 heteroatoms. The number of likely N-dealkylation sites (N-methyl/N-ethyl adjacent to an activating group) is 1. The van der Waals surface area contributed by atoms with Gasteiger partial charge in [-0.25, -0.2) is 4.98 Å². The van der Waals surface area contributed by atoms with Crippen LogP contribution in [0.15, 0.2) is 35.7 Å². The van der Waals surface area contributed by atoms with Gasteiger partial charge in [0, 0.05) is 11.9 Å². The van der Waals surface area contributed by atoms with E-state index < -0.39 is 0 Å². The van der Waals surface area contributed by atoms with Crippen LogP contribution in [0.2, 0.25) is 0 Å². The minimum atomic E-state index is -0.0388. The monoisotopic (exact) mass is 304 g/mol. The number of benzene rings is 1. The molecule has 1 aromatic carbocycles. The number of carbonyl (C=O) groups is 1. The fourth-order valence-electron chi connectivity index (χ4n) is 2.12. The van der Waals surface area contributed by atoms with Crippen molar-refractivity contribution in [3.63, 3.8) is 0 Å². The van der Waals surface area contributed by atoms with Gasteiger partial charge in [0.1, 0.15) is 0 Å². The van der Waals surface area contributed by atoms with Gasteiger partial charge < -0.3 is 16.0 Å². The molecule has 0 saturated heterocycles. The lowest BCUT2D eigenvalue weighted by Gasteiger charge is -2.25. The molecule has 1 heterocycles. The summed E-state index contributed by atoms with van der Waals surface area (Å²) in [5.74, 6) is -0.0388. The predicted octanol–water partition coefficient (Wildman–Crippen LogP) is 1.69. The molecular weight excluding hydrogens is 284 g/mol. The fraction of sp³-hybridized carbons (Fsp3) is 0.333. The number of nitrogen functional groups attached to an aromatic ring is 1. The lowest BCUT2D eigenvalue weighted by Crippen LogP contribution is -2.35. The van der Waals surface area contributed by atoms with Crippen molar-refractivity contribution in [2.45, 2.75) is 12.5 Å². The number of hydrogen-bond acceptors (Lipinski definition) is 5. The Kier molecular flexibility index (Phi) is 5.30. The molecule has 0 fully saturated rings. The Bertz CT molecular complexity index is 582. The summed E-state index contributed by atoms with van der Waals surface area (Å²) in [6, 6.07) is 10.3. The third kappa shape index (κ3) is 4.54. The average Bonchev–Trinajstić information content (AvgIpc) is 2.85. The van der Waals surface area contributed by atoms with E-state index in [4.69, 9.17) is 5.73 Å². The first-order valence-corrected chi connectivity index (χ1v) is 7.62. The highest BCUT2D eigenvalue weighted by Crippen LogP contribution is 2.17. The van der Waals surface area contributed by atoms with E-state index in [2.05, 4.69) is 27.3 Å². The van der Waals surface area contributed by atoms with E-state index in [0.717, 1.165) is 5.69 Å². The van der Waals surface area contributed by atoms with Gasteiger partial charge in [0.05, 0.1) is 18.2 Å². The molecule has 5 nitrogen and oxygen atoms in total. The average molecular weight is 304 g/mol. The number of nitrogens with two attached hydrogens (primary N) is 1. The Labute approximate surface area is 128 Å². The second kappa shape index (κ2) is 7.19. The van der Waals surface area contributed by atoms with Crippen LogP contribution in [0.25, 0.3) is 0 Å². The summed E-state index contributed by atoms with van der Waals surface area (Å²) in [6.07, 6.45) is 0.267. The third-order valence-corrected chi connectivity index (χ3v) is 3.93. The van der Waals surface area contributed by atoms with Crippen molar-refractivity contribution in [1.29, 1.82) is 0 Å². The van der Waals surface area contributed by atoms with Gasteiger partial charge in [-0.05, 0) is 19.7 Å². The molecule has 1 aromatic heterocycles. The Morgan fingerprint density at radius 2 is 2.10 bits per heavy atom. The number of anilines is 1. The van der Waals surface area contributed by atoms with Crippen molar-refractivity contribution in [2.24, 2.45) is 0 Å². The Hall–Kier alpha value is -1.92. The summed E-state index contributed by atoms with van der Waals surface area (Å²) in [5.41, 5.74) is 7.46. The molecular formula is C15H20N4OS. The minimum absolute atomic E-state index is 0.0388. The van der Waals surface area contributed by atoms with Crippen LogP contribution in [0.3, 0.4) is 0 Å². The van der Waals surface area contributed by atoms with Crippen LogP contribution in [-0.4, -0.2) is 36.4 Å². The number of carbonyl (C=O) groups excluding carboxylic acids is 1. The zero-order valence-corrected chi connectivity index (χ0v) is 13.1. The van der Waals surface area contributed by atoms with Gasteiger partial charge in [0.25, 0.3) is 0 Å². The largest absolute Gasteiger partial charge is 0.375 e. The van der Waals surface area contributed by atoms with Crippen molar-refractivity contribution in [2.75, 3.05) is 26.4 Å². The van der Waals surface area contributed by atoms with E-state index in [0.29, 0.717) is 11.7 Å². The molecule has 21 heavy (non-hydrogen) atoms. The number of nitrogens with one attached hydrogen (secondary N) is 1. The zero-order chi connectivity index (χ0) is 15.2. The first kappa shape index (κ1) is 15.5. The smallest absolute Gasteiger partial charge is 0.226 e. The van der Waals surface area contributed by atoms with Gasteiger partial charge in [-0.3, -0.25) is 4.79 Å². The van der Waals surface area contributed by atoms with E-state index in [1.807, 2.05) is 37.7 Å². The fourth-order valence-corrected chi connectivity index (χ4v) is 2.68. The second-order valence-electron chi connectivity index (χ2n) is 5.05. The number of amides is 1. The van der Waals surface area contributed by atoms with Gasteiger partial charge in [-0.1, -0.05) is 30.3 Å². The molecule has 1 atom stereocenters. The lowest BCUT2D eigenvalue weighted by molar-refractivity contribution is -0.120. The van der Waals surface area contributed by atoms with Crippen LogP contribution in [0.4, 0.5) is 5.13 Å². The minimum Gasteiger partial charge on any atom is -0.375 e. The molecule has 0 aliphatic heterocycles. The van der Waals surface area contributed by atoms with Crippen molar-refractivity contribution in [3.8, 4) is 0 Å². The van der Waals surface area contributed by atoms with Crippen LogP contribution in [0.5, 0.6) is 0 Å². The quantitative estimate of drug-likeness (QED) is 0.852. The Morgan fingerprint density at radius 1 is 1.38 bits per heavy atom. The van der Waals surface area contributed by atoms with Gasteiger partial charge >= 0.3 is 0 Å². The highest BCUT2D eigenvalue weighted by atomic mass is 32.1. The van der Waals surface area contributed by atoms with Crippen LogP contribution in [-0.2, 0) is 11.2 Å². The Balaban J connectivity index is 1.91. The zero-order valence-electron chi connectivity index (χ0n) is 12.2. The molecule has 3 N–H and O–H groups in total. The van der Waals surface area contributed by atoms with E-state index in [9.17, 15) is 4.79 Å². The van der Waals surface area contributed by atoms with Crippen LogP contribution < -0.4 is 11.1 Å². The molecule has 0 aliphatic rings. The van der Waals surface area contributed by atoms with Crippen molar-refractivity contribution >= 4 is 22.4 Å². The van der Waals surface area contributed by atoms with Crippen LogP contribution >= 0.6 is 11.3 Å². The molecule has 2 aromatic rings. The maximum atomic E-state index is 12.0.